The lowest BCUT2D eigenvalue weighted by Crippen LogP contribution is -2.15. The Morgan fingerprint density at radius 2 is 1.80 bits per heavy atom. The standard InChI is InChI=1S/C14H23NO4S/c1-5-18-7-6-8-19-14-10(2)9-13(20(15,16)17)11(3)12(14)4/h9H,5-8H2,1-4H3,(H2,15,16,17). The highest BCUT2D eigenvalue weighted by Gasteiger charge is 2.18. The third-order valence-corrected chi connectivity index (χ3v) is 4.21. The zero-order valence-electron chi connectivity index (χ0n) is 12.5. The Hall–Kier alpha value is -1.11. The van der Waals surface area contributed by atoms with Gasteiger partial charge >= 0.3 is 0 Å². The number of primary sulfonamides is 1. The molecule has 0 amide bonds. The topological polar surface area (TPSA) is 78.6 Å². The van der Waals surface area contributed by atoms with E-state index in [1.807, 2.05) is 20.8 Å². The molecule has 6 heteroatoms. The van der Waals surface area contributed by atoms with Crippen molar-refractivity contribution >= 4 is 10.0 Å². The molecule has 0 spiro atoms. The van der Waals surface area contributed by atoms with Gasteiger partial charge in [-0.3, -0.25) is 0 Å². The van der Waals surface area contributed by atoms with E-state index in [1.165, 1.54) is 0 Å². The van der Waals surface area contributed by atoms with Gasteiger partial charge in [-0.1, -0.05) is 0 Å². The van der Waals surface area contributed by atoms with Crippen LogP contribution in [0.5, 0.6) is 5.75 Å². The molecular weight excluding hydrogens is 278 g/mol. The summed E-state index contributed by atoms with van der Waals surface area (Å²) in [5, 5.41) is 5.22. The number of hydrogen-bond donors (Lipinski definition) is 1. The number of sulfonamides is 1. The lowest BCUT2D eigenvalue weighted by atomic mass is 10.1. The van der Waals surface area contributed by atoms with Gasteiger partial charge in [0.05, 0.1) is 11.5 Å². The number of hydrogen-bond acceptors (Lipinski definition) is 4. The summed E-state index contributed by atoms with van der Waals surface area (Å²) in [7, 11) is -3.70. The summed E-state index contributed by atoms with van der Waals surface area (Å²) in [4.78, 5) is 0.161. The molecule has 2 N–H and O–H groups in total. The Kier molecular flexibility index (Phi) is 5.98. The van der Waals surface area contributed by atoms with Crippen molar-refractivity contribution in [3.05, 3.63) is 22.8 Å². The molecule has 0 fully saturated rings. The maximum Gasteiger partial charge on any atom is 0.238 e. The fourth-order valence-corrected chi connectivity index (χ4v) is 2.94. The summed E-state index contributed by atoms with van der Waals surface area (Å²) >= 11 is 0. The molecule has 20 heavy (non-hydrogen) atoms. The molecule has 0 bridgehead atoms. The van der Waals surface area contributed by atoms with Crippen LogP contribution >= 0.6 is 0 Å². The van der Waals surface area contributed by atoms with Crippen molar-refractivity contribution in [2.24, 2.45) is 5.14 Å². The van der Waals surface area contributed by atoms with E-state index in [4.69, 9.17) is 14.6 Å². The van der Waals surface area contributed by atoms with Gasteiger partial charge in [-0.05, 0) is 50.5 Å². The fraction of sp³-hybridized carbons (Fsp3) is 0.571. The summed E-state index contributed by atoms with van der Waals surface area (Å²) < 4.78 is 34.0. The monoisotopic (exact) mass is 301 g/mol. The number of benzene rings is 1. The predicted octanol–water partition coefficient (Wildman–Crippen LogP) is 2.06. The van der Waals surface area contributed by atoms with Gasteiger partial charge < -0.3 is 9.47 Å². The Labute approximate surface area is 121 Å². The van der Waals surface area contributed by atoms with Crippen LogP contribution in [0.25, 0.3) is 0 Å². The van der Waals surface area contributed by atoms with Crippen LogP contribution < -0.4 is 9.88 Å². The molecule has 0 radical (unpaired) electrons. The first-order chi connectivity index (χ1) is 9.29. The normalized spacial score (nSPS) is 11.7. The molecule has 5 nitrogen and oxygen atoms in total. The smallest absolute Gasteiger partial charge is 0.238 e. The highest BCUT2D eigenvalue weighted by atomic mass is 32.2. The Morgan fingerprint density at radius 3 is 2.35 bits per heavy atom. The lowest BCUT2D eigenvalue weighted by molar-refractivity contribution is 0.130. The first-order valence-corrected chi connectivity index (χ1v) is 8.17. The van der Waals surface area contributed by atoms with Crippen LogP contribution in [0.4, 0.5) is 0 Å². The van der Waals surface area contributed by atoms with Crippen molar-refractivity contribution in [2.75, 3.05) is 19.8 Å². The van der Waals surface area contributed by atoms with E-state index in [0.717, 1.165) is 23.3 Å². The molecule has 0 unspecified atom stereocenters. The van der Waals surface area contributed by atoms with Gasteiger partial charge in [0, 0.05) is 19.6 Å². The average Bonchev–Trinajstić information content (AvgIpc) is 2.35. The second-order valence-corrected chi connectivity index (χ2v) is 6.24. The van der Waals surface area contributed by atoms with Crippen molar-refractivity contribution in [3.8, 4) is 5.75 Å². The minimum absolute atomic E-state index is 0.161. The summed E-state index contributed by atoms with van der Waals surface area (Å²) in [5.74, 6) is 0.728. The maximum atomic E-state index is 11.5. The quantitative estimate of drug-likeness (QED) is 0.782. The van der Waals surface area contributed by atoms with Crippen molar-refractivity contribution in [2.45, 2.75) is 39.0 Å². The summed E-state index contributed by atoms with van der Waals surface area (Å²) in [5.41, 5.74) is 2.22. The van der Waals surface area contributed by atoms with Crippen LogP contribution in [0, 0.1) is 20.8 Å². The van der Waals surface area contributed by atoms with Gasteiger partial charge in [-0.2, -0.15) is 0 Å². The third kappa shape index (κ3) is 4.19. The molecular formula is C14H23NO4S. The van der Waals surface area contributed by atoms with E-state index in [2.05, 4.69) is 0 Å². The summed E-state index contributed by atoms with van der Waals surface area (Å²) in [6.45, 7) is 9.23. The molecule has 0 aromatic heterocycles. The van der Waals surface area contributed by atoms with Crippen LogP contribution in [-0.2, 0) is 14.8 Å². The molecule has 1 aromatic rings. The largest absolute Gasteiger partial charge is 0.493 e. The summed E-state index contributed by atoms with van der Waals surface area (Å²) in [6.07, 6.45) is 0.794. The van der Waals surface area contributed by atoms with E-state index in [1.54, 1.807) is 13.0 Å². The number of aryl methyl sites for hydroxylation is 1. The van der Waals surface area contributed by atoms with Gasteiger partial charge in [0.25, 0.3) is 0 Å². The first kappa shape index (κ1) is 16.9. The Bertz CT molecular complexity index is 567. The molecule has 0 atom stereocenters. The van der Waals surface area contributed by atoms with Crippen LogP contribution in [0.3, 0.4) is 0 Å². The van der Waals surface area contributed by atoms with E-state index in [-0.39, 0.29) is 4.90 Å². The van der Waals surface area contributed by atoms with E-state index < -0.39 is 10.0 Å². The molecule has 0 aliphatic rings. The van der Waals surface area contributed by atoms with Gasteiger partial charge in [-0.25, -0.2) is 13.6 Å². The maximum absolute atomic E-state index is 11.5. The SMILES string of the molecule is CCOCCCOc1c(C)cc(S(N)(=O)=O)c(C)c1C. The van der Waals surface area contributed by atoms with Gasteiger partial charge in [0.2, 0.25) is 10.0 Å². The number of nitrogens with two attached hydrogens (primary N) is 1. The predicted molar refractivity (Wildman–Crippen MR) is 78.6 cm³/mol. The van der Waals surface area contributed by atoms with Crippen molar-refractivity contribution < 1.29 is 17.9 Å². The molecule has 0 aliphatic heterocycles. The number of rotatable bonds is 7. The highest BCUT2D eigenvalue weighted by Crippen LogP contribution is 2.30. The lowest BCUT2D eigenvalue weighted by Gasteiger charge is -2.16. The zero-order valence-corrected chi connectivity index (χ0v) is 13.3. The number of ether oxygens (including phenoxy) is 2. The van der Waals surface area contributed by atoms with Gasteiger partial charge in [0.15, 0.2) is 0 Å². The molecule has 1 rings (SSSR count). The average molecular weight is 301 g/mol. The second-order valence-electron chi connectivity index (χ2n) is 4.71. The van der Waals surface area contributed by atoms with E-state index >= 15 is 0 Å². The molecule has 114 valence electrons. The molecule has 1 aromatic carbocycles. The van der Waals surface area contributed by atoms with Gasteiger partial charge in [0.1, 0.15) is 5.75 Å². The van der Waals surface area contributed by atoms with Crippen molar-refractivity contribution in [3.63, 3.8) is 0 Å². The fourth-order valence-electron chi connectivity index (χ4n) is 2.02. The Morgan fingerprint density at radius 1 is 1.15 bits per heavy atom. The zero-order chi connectivity index (χ0) is 15.3. The molecule has 0 saturated carbocycles. The van der Waals surface area contributed by atoms with E-state index in [9.17, 15) is 8.42 Å². The molecule has 0 saturated heterocycles. The highest BCUT2D eigenvalue weighted by molar-refractivity contribution is 7.89. The summed E-state index contributed by atoms with van der Waals surface area (Å²) in [6, 6.07) is 1.57. The van der Waals surface area contributed by atoms with Crippen molar-refractivity contribution in [1.82, 2.24) is 0 Å². The Balaban J connectivity index is 2.92. The van der Waals surface area contributed by atoms with E-state index in [0.29, 0.717) is 25.4 Å². The van der Waals surface area contributed by atoms with Crippen LogP contribution in [0.1, 0.15) is 30.0 Å². The minimum atomic E-state index is -3.70. The minimum Gasteiger partial charge on any atom is -0.493 e. The van der Waals surface area contributed by atoms with Crippen LogP contribution in [0.2, 0.25) is 0 Å². The van der Waals surface area contributed by atoms with Crippen LogP contribution in [-0.4, -0.2) is 28.2 Å². The van der Waals surface area contributed by atoms with Crippen molar-refractivity contribution in [1.29, 1.82) is 0 Å². The van der Waals surface area contributed by atoms with Crippen LogP contribution in [0.15, 0.2) is 11.0 Å². The second kappa shape index (κ2) is 7.06. The first-order valence-electron chi connectivity index (χ1n) is 6.63. The third-order valence-electron chi connectivity index (χ3n) is 3.17. The molecule has 0 heterocycles. The molecule has 0 aliphatic carbocycles. The van der Waals surface area contributed by atoms with Gasteiger partial charge in [-0.15, -0.1) is 0 Å².